The summed E-state index contributed by atoms with van der Waals surface area (Å²) in [6, 6.07) is 7.90. The van der Waals surface area contributed by atoms with Crippen LogP contribution in [0, 0.1) is 5.92 Å². The molecule has 0 saturated heterocycles. The minimum atomic E-state index is -0.658. The Kier molecular flexibility index (Phi) is 7.47. The van der Waals surface area contributed by atoms with E-state index in [2.05, 4.69) is 15.6 Å². The third kappa shape index (κ3) is 6.57. The molecule has 2 N–H and O–H groups in total. The van der Waals surface area contributed by atoms with E-state index in [1.54, 1.807) is 70.1 Å². The molecule has 1 fully saturated rings. The zero-order valence-corrected chi connectivity index (χ0v) is 20.4. The summed E-state index contributed by atoms with van der Waals surface area (Å²) in [4.78, 5) is 44.0. The Balaban J connectivity index is 1.76. The molecule has 2 aromatic rings. The smallest absolute Gasteiger partial charge is 0.407 e. The van der Waals surface area contributed by atoms with Gasteiger partial charge >= 0.3 is 6.09 Å². The van der Waals surface area contributed by atoms with Crippen LogP contribution < -0.4 is 10.6 Å². The van der Waals surface area contributed by atoms with Gasteiger partial charge in [0.15, 0.2) is 0 Å². The molecule has 0 radical (unpaired) electrons. The molecule has 3 amide bonds. The van der Waals surface area contributed by atoms with Crippen molar-refractivity contribution in [2.45, 2.75) is 57.7 Å². The maximum absolute atomic E-state index is 13.0. The highest BCUT2D eigenvalue weighted by Gasteiger charge is 2.37. The van der Waals surface area contributed by atoms with Crippen LogP contribution in [0.2, 0.25) is 5.02 Å². The van der Waals surface area contributed by atoms with Crippen LogP contribution in [0.15, 0.2) is 30.3 Å². The summed E-state index contributed by atoms with van der Waals surface area (Å²) in [7, 11) is 3.43. The third-order valence-corrected chi connectivity index (χ3v) is 5.78. The highest BCUT2D eigenvalue weighted by atomic mass is 35.5. The van der Waals surface area contributed by atoms with Crippen LogP contribution >= 0.6 is 11.6 Å². The van der Waals surface area contributed by atoms with E-state index in [4.69, 9.17) is 16.3 Å². The summed E-state index contributed by atoms with van der Waals surface area (Å²) < 4.78 is 5.40. The first-order valence-electron chi connectivity index (χ1n) is 11.0. The van der Waals surface area contributed by atoms with Crippen molar-refractivity contribution in [3.05, 3.63) is 41.0 Å². The zero-order valence-electron chi connectivity index (χ0n) is 19.6. The van der Waals surface area contributed by atoms with E-state index in [1.807, 2.05) is 0 Å². The number of aromatic nitrogens is 1. The lowest BCUT2D eigenvalue weighted by Gasteiger charge is -2.37. The van der Waals surface area contributed by atoms with Gasteiger partial charge in [-0.1, -0.05) is 17.7 Å². The van der Waals surface area contributed by atoms with E-state index in [9.17, 15) is 14.4 Å². The van der Waals surface area contributed by atoms with Gasteiger partial charge in [-0.15, -0.1) is 0 Å². The second-order valence-corrected chi connectivity index (χ2v) is 10.0. The fraction of sp³-hybridized carbons (Fsp3) is 0.500. The first-order valence-corrected chi connectivity index (χ1v) is 11.4. The number of amides is 3. The standard InChI is InChI=1S/C24H31ClN4O4/c1-24(2,3)33-23(32)28-20-13-15(22(31)29(4)5)7-9-18(20)27-21(30)19-10-6-14-12-16(25)8-11-17(14)26-19/h6,8,10-12,15,18,20H,7,9,13H2,1-5H3,(H,27,30)(H,28,32). The van der Waals surface area contributed by atoms with Gasteiger partial charge in [0.25, 0.3) is 5.91 Å². The van der Waals surface area contributed by atoms with Crippen LogP contribution in [-0.4, -0.2) is 59.6 Å². The number of alkyl carbamates (subject to hydrolysis) is 1. The molecule has 8 nitrogen and oxygen atoms in total. The van der Waals surface area contributed by atoms with Crippen LogP contribution in [0.3, 0.4) is 0 Å². The second-order valence-electron chi connectivity index (χ2n) is 9.61. The summed E-state index contributed by atoms with van der Waals surface area (Å²) in [5.41, 5.74) is 0.275. The van der Waals surface area contributed by atoms with Gasteiger partial charge in [0.2, 0.25) is 5.91 Å². The van der Waals surface area contributed by atoms with Crippen LogP contribution in [-0.2, 0) is 9.53 Å². The molecule has 178 valence electrons. The van der Waals surface area contributed by atoms with Crippen molar-refractivity contribution in [1.29, 1.82) is 0 Å². The topological polar surface area (TPSA) is 101 Å². The Bertz CT molecular complexity index is 1050. The predicted octanol–water partition coefficient (Wildman–Crippen LogP) is 3.77. The number of halogens is 1. The average Bonchev–Trinajstić information content (AvgIpc) is 2.72. The molecule has 0 spiro atoms. The monoisotopic (exact) mass is 474 g/mol. The number of benzene rings is 1. The SMILES string of the molecule is CN(C)C(=O)C1CCC(NC(=O)c2ccc3cc(Cl)ccc3n2)C(NC(=O)OC(C)(C)C)C1. The van der Waals surface area contributed by atoms with Gasteiger partial charge < -0.3 is 20.3 Å². The van der Waals surface area contributed by atoms with Crippen molar-refractivity contribution >= 4 is 40.4 Å². The third-order valence-electron chi connectivity index (χ3n) is 5.54. The lowest BCUT2D eigenvalue weighted by atomic mass is 9.81. The van der Waals surface area contributed by atoms with E-state index in [-0.39, 0.29) is 29.5 Å². The summed E-state index contributed by atoms with van der Waals surface area (Å²) >= 11 is 6.02. The van der Waals surface area contributed by atoms with E-state index in [0.717, 1.165) is 5.39 Å². The molecule has 3 rings (SSSR count). The quantitative estimate of drug-likeness (QED) is 0.702. The molecule has 3 unspecified atom stereocenters. The number of hydrogen-bond donors (Lipinski definition) is 2. The summed E-state index contributed by atoms with van der Waals surface area (Å²) in [6.07, 6.45) is 0.980. The Morgan fingerprint density at radius 2 is 1.79 bits per heavy atom. The van der Waals surface area contributed by atoms with Crippen molar-refractivity contribution in [1.82, 2.24) is 20.5 Å². The molecule has 0 aliphatic heterocycles. The molecule has 0 bridgehead atoms. The Morgan fingerprint density at radius 1 is 1.06 bits per heavy atom. The van der Waals surface area contributed by atoms with Gasteiger partial charge in [-0.3, -0.25) is 9.59 Å². The molecule has 9 heteroatoms. The van der Waals surface area contributed by atoms with Crippen molar-refractivity contribution in [2.75, 3.05) is 14.1 Å². The maximum atomic E-state index is 13.0. The van der Waals surface area contributed by atoms with Gasteiger partial charge in [0, 0.05) is 36.5 Å². The van der Waals surface area contributed by atoms with Gasteiger partial charge in [0.05, 0.1) is 11.6 Å². The minimum absolute atomic E-state index is 0.00521. The number of carbonyl (C=O) groups is 3. The highest BCUT2D eigenvalue weighted by molar-refractivity contribution is 6.31. The number of rotatable bonds is 4. The molecule has 1 aromatic heterocycles. The van der Waals surface area contributed by atoms with Crippen molar-refractivity contribution in [2.24, 2.45) is 5.92 Å². The molecule has 33 heavy (non-hydrogen) atoms. The molecule has 1 saturated carbocycles. The zero-order chi connectivity index (χ0) is 24.3. The molecule has 1 aliphatic rings. The molecule has 1 aromatic carbocycles. The molecule has 3 atom stereocenters. The Morgan fingerprint density at radius 3 is 2.45 bits per heavy atom. The fourth-order valence-electron chi connectivity index (χ4n) is 4.02. The number of fused-ring (bicyclic) bond motifs is 1. The lowest BCUT2D eigenvalue weighted by Crippen LogP contribution is -2.56. The second kappa shape index (κ2) is 9.95. The summed E-state index contributed by atoms with van der Waals surface area (Å²) in [6.45, 7) is 5.34. The number of pyridine rings is 1. The van der Waals surface area contributed by atoms with Gasteiger partial charge in [0.1, 0.15) is 11.3 Å². The van der Waals surface area contributed by atoms with E-state index in [1.165, 1.54) is 0 Å². The predicted molar refractivity (Wildman–Crippen MR) is 127 cm³/mol. The fourth-order valence-corrected chi connectivity index (χ4v) is 4.20. The largest absolute Gasteiger partial charge is 0.444 e. The lowest BCUT2D eigenvalue weighted by molar-refractivity contribution is -0.134. The molecular weight excluding hydrogens is 444 g/mol. The van der Waals surface area contributed by atoms with Crippen LogP contribution in [0.4, 0.5) is 4.79 Å². The average molecular weight is 475 g/mol. The number of carbonyl (C=O) groups excluding carboxylic acids is 3. The van der Waals surface area contributed by atoms with Crippen molar-refractivity contribution in [3.8, 4) is 0 Å². The summed E-state index contributed by atoms with van der Waals surface area (Å²) in [5, 5.41) is 7.29. The molecule has 1 heterocycles. The Labute approximate surface area is 199 Å². The van der Waals surface area contributed by atoms with Gasteiger partial charge in [-0.25, -0.2) is 9.78 Å². The Hall–Kier alpha value is -2.87. The van der Waals surface area contributed by atoms with Crippen LogP contribution in [0.25, 0.3) is 10.9 Å². The number of ether oxygens (including phenoxy) is 1. The molecule has 1 aliphatic carbocycles. The van der Waals surface area contributed by atoms with E-state index >= 15 is 0 Å². The first-order chi connectivity index (χ1) is 15.4. The van der Waals surface area contributed by atoms with Crippen molar-refractivity contribution < 1.29 is 19.1 Å². The van der Waals surface area contributed by atoms with E-state index < -0.39 is 17.7 Å². The highest BCUT2D eigenvalue weighted by Crippen LogP contribution is 2.27. The van der Waals surface area contributed by atoms with Crippen molar-refractivity contribution in [3.63, 3.8) is 0 Å². The number of nitrogens with zero attached hydrogens (tertiary/aromatic N) is 2. The number of hydrogen-bond acceptors (Lipinski definition) is 5. The van der Waals surface area contributed by atoms with Gasteiger partial charge in [-0.05, 0) is 64.3 Å². The summed E-state index contributed by atoms with van der Waals surface area (Å²) in [5.74, 6) is -0.576. The normalized spacial score (nSPS) is 20.7. The molecular formula is C24H31ClN4O4. The van der Waals surface area contributed by atoms with Crippen LogP contribution in [0.1, 0.15) is 50.5 Å². The first kappa shape index (κ1) is 24.8. The minimum Gasteiger partial charge on any atom is -0.444 e. The van der Waals surface area contributed by atoms with E-state index in [0.29, 0.717) is 29.8 Å². The van der Waals surface area contributed by atoms with Gasteiger partial charge in [-0.2, -0.15) is 0 Å². The maximum Gasteiger partial charge on any atom is 0.407 e. The van der Waals surface area contributed by atoms with Crippen LogP contribution in [0.5, 0.6) is 0 Å². The number of nitrogens with one attached hydrogen (secondary N) is 2.